The Hall–Kier alpha value is -1.52. The minimum absolute atomic E-state index is 0.191. The molecule has 3 rings (SSSR count). The highest BCUT2D eigenvalue weighted by Gasteiger charge is 2.54. The maximum absolute atomic E-state index is 12.6. The molecule has 2 aliphatic rings. The lowest BCUT2D eigenvalue weighted by Crippen LogP contribution is -2.51. The Morgan fingerprint density at radius 2 is 1.92 bits per heavy atom. The van der Waals surface area contributed by atoms with Gasteiger partial charge in [0.05, 0.1) is 4.90 Å². The fourth-order valence-electron chi connectivity index (χ4n) is 2.84. The van der Waals surface area contributed by atoms with Crippen LogP contribution >= 0.6 is 15.9 Å². The van der Waals surface area contributed by atoms with Crippen molar-refractivity contribution in [3.05, 3.63) is 38.9 Å². The molecule has 1 heterocycles. The highest BCUT2D eigenvalue weighted by Crippen LogP contribution is 2.35. The van der Waals surface area contributed by atoms with Crippen LogP contribution in [0.5, 0.6) is 0 Å². The summed E-state index contributed by atoms with van der Waals surface area (Å²) >= 11 is 3.26. The third-order valence-corrected chi connectivity index (χ3v) is 6.72. The minimum atomic E-state index is -3.61. The van der Waals surface area contributed by atoms with Gasteiger partial charge >= 0.3 is 0 Å². The summed E-state index contributed by atoms with van der Waals surface area (Å²) in [5.41, 5.74) is 0. The molecule has 1 saturated carbocycles. The second kappa shape index (κ2) is 6.41. The maximum Gasteiger partial charge on any atom is 0.243 e. The van der Waals surface area contributed by atoms with Crippen molar-refractivity contribution >= 4 is 31.9 Å². The average Bonchev–Trinajstić information content (AvgIpc) is 3.35. The van der Waals surface area contributed by atoms with Crippen LogP contribution in [0.15, 0.2) is 33.6 Å². The fraction of sp³-hybridized carbons (Fsp3) is 0.500. The normalized spacial score (nSPS) is 24.6. The standard InChI is InChI=1S/C14H16BrN3O5S/c15-10-2-1-3-11(8-10)24(22,23)17-6-4-16(5-7-17)14(19)12-9-13(12)18(20)21/h1-3,8,12-13H,4-7,9H2/t12-,13-/m0/s1. The van der Waals surface area contributed by atoms with Crippen molar-refractivity contribution in [1.29, 1.82) is 0 Å². The van der Waals surface area contributed by atoms with Crippen molar-refractivity contribution < 1.29 is 18.1 Å². The Labute approximate surface area is 147 Å². The number of hydrogen-bond acceptors (Lipinski definition) is 5. The highest BCUT2D eigenvalue weighted by molar-refractivity contribution is 9.10. The van der Waals surface area contributed by atoms with Gasteiger partial charge in [-0.25, -0.2) is 8.42 Å². The zero-order valence-electron chi connectivity index (χ0n) is 12.7. The lowest BCUT2D eigenvalue weighted by atomic mass is 10.3. The smallest absolute Gasteiger partial charge is 0.243 e. The molecule has 1 aromatic carbocycles. The molecule has 130 valence electrons. The molecule has 2 fully saturated rings. The third kappa shape index (κ3) is 3.31. The van der Waals surface area contributed by atoms with Gasteiger partial charge in [-0.1, -0.05) is 22.0 Å². The lowest BCUT2D eigenvalue weighted by molar-refractivity contribution is -0.497. The third-order valence-electron chi connectivity index (χ3n) is 4.33. The molecular formula is C14H16BrN3O5S. The number of nitrogens with zero attached hydrogens (tertiary/aromatic N) is 3. The Morgan fingerprint density at radius 3 is 2.46 bits per heavy atom. The molecule has 0 unspecified atom stereocenters. The van der Waals surface area contributed by atoms with E-state index >= 15 is 0 Å². The number of carbonyl (C=O) groups excluding carboxylic acids is 1. The molecule has 0 bridgehead atoms. The highest BCUT2D eigenvalue weighted by atomic mass is 79.9. The molecular weight excluding hydrogens is 402 g/mol. The largest absolute Gasteiger partial charge is 0.340 e. The summed E-state index contributed by atoms with van der Waals surface area (Å²) in [4.78, 5) is 24.2. The van der Waals surface area contributed by atoms with E-state index in [1.54, 1.807) is 18.2 Å². The van der Waals surface area contributed by atoms with Crippen LogP contribution in [0.3, 0.4) is 0 Å². The Bertz CT molecular complexity index is 776. The molecule has 0 radical (unpaired) electrons. The first-order valence-electron chi connectivity index (χ1n) is 7.48. The Balaban J connectivity index is 1.63. The topological polar surface area (TPSA) is 101 Å². The van der Waals surface area contributed by atoms with E-state index in [-0.39, 0.29) is 43.4 Å². The van der Waals surface area contributed by atoms with Crippen molar-refractivity contribution in [3.8, 4) is 0 Å². The van der Waals surface area contributed by atoms with Crippen molar-refractivity contribution in [1.82, 2.24) is 9.21 Å². The van der Waals surface area contributed by atoms with E-state index in [4.69, 9.17) is 0 Å². The number of carbonyl (C=O) groups is 1. The molecule has 10 heteroatoms. The van der Waals surface area contributed by atoms with Crippen LogP contribution in [0.4, 0.5) is 0 Å². The molecule has 0 aromatic heterocycles. The molecule has 1 amide bonds. The number of halogens is 1. The predicted molar refractivity (Wildman–Crippen MR) is 88.4 cm³/mol. The van der Waals surface area contributed by atoms with E-state index in [1.807, 2.05) is 0 Å². The van der Waals surface area contributed by atoms with Gasteiger partial charge in [0, 0.05) is 42.0 Å². The van der Waals surface area contributed by atoms with Gasteiger partial charge in [-0.05, 0) is 18.2 Å². The van der Waals surface area contributed by atoms with Crippen LogP contribution in [0, 0.1) is 16.0 Å². The number of nitro groups is 1. The van der Waals surface area contributed by atoms with Gasteiger partial charge in [-0.15, -0.1) is 0 Å². The average molecular weight is 418 g/mol. The number of sulfonamides is 1. The first-order valence-corrected chi connectivity index (χ1v) is 9.72. The quantitative estimate of drug-likeness (QED) is 0.535. The first kappa shape index (κ1) is 17.3. The number of rotatable bonds is 4. The van der Waals surface area contributed by atoms with Gasteiger partial charge in [0.1, 0.15) is 5.92 Å². The summed E-state index contributed by atoms with van der Waals surface area (Å²) in [5, 5.41) is 10.7. The lowest BCUT2D eigenvalue weighted by Gasteiger charge is -2.34. The number of piperazine rings is 1. The molecule has 1 aliphatic carbocycles. The molecule has 1 aromatic rings. The SMILES string of the molecule is O=C([C@H]1C[C@@H]1[N+](=O)[O-])N1CCN(S(=O)(=O)c2cccc(Br)c2)CC1. The van der Waals surface area contributed by atoms with Gasteiger partial charge in [0.15, 0.2) is 0 Å². The van der Waals surface area contributed by atoms with E-state index in [1.165, 1.54) is 15.3 Å². The first-order chi connectivity index (χ1) is 11.3. The summed E-state index contributed by atoms with van der Waals surface area (Å²) < 4.78 is 27.3. The summed E-state index contributed by atoms with van der Waals surface area (Å²) in [6, 6.07) is 5.70. The minimum Gasteiger partial charge on any atom is -0.340 e. The van der Waals surface area contributed by atoms with Gasteiger partial charge in [-0.3, -0.25) is 14.9 Å². The number of benzene rings is 1. The van der Waals surface area contributed by atoms with Crippen LogP contribution < -0.4 is 0 Å². The second-order valence-corrected chi connectivity index (χ2v) is 8.74. The van der Waals surface area contributed by atoms with Gasteiger partial charge in [0.25, 0.3) is 0 Å². The molecule has 24 heavy (non-hydrogen) atoms. The fourth-order valence-corrected chi connectivity index (χ4v) is 4.86. The predicted octanol–water partition coefficient (Wildman–Crippen LogP) is 0.947. The van der Waals surface area contributed by atoms with Gasteiger partial charge < -0.3 is 4.90 Å². The molecule has 1 aliphatic heterocycles. The number of amides is 1. The maximum atomic E-state index is 12.6. The van der Waals surface area contributed by atoms with Crippen LogP contribution in [-0.2, 0) is 14.8 Å². The Kier molecular flexibility index (Phi) is 4.63. The zero-order valence-corrected chi connectivity index (χ0v) is 15.1. The van der Waals surface area contributed by atoms with Crippen LogP contribution in [-0.4, -0.2) is 60.7 Å². The molecule has 0 N–H and O–H groups in total. The molecule has 1 saturated heterocycles. The van der Waals surface area contributed by atoms with Crippen LogP contribution in [0.1, 0.15) is 6.42 Å². The summed E-state index contributed by atoms with van der Waals surface area (Å²) in [6.07, 6.45) is 0.280. The summed E-state index contributed by atoms with van der Waals surface area (Å²) in [6.45, 7) is 0.896. The summed E-state index contributed by atoms with van der Waals surface area (Å²) in [7, 11) is -3.61. The van der Waals surface area contributed by atoms with Crippen LogP contribution in [0.25, 0.3) is 0 Å². The van der Waals surface area contributed by atoms with E-state index in [9.17, 15) is 23.3 Å². The molecule has 8 nitrogen and oxygen atoms in total. The van der Waals surface area contributed by atoms with Crippen LogP contribution in [0.2, 0.25) is 0 Å². The van der Waals surface area contributed by atoms with Crippen molar-refractivity contribution in [2.24, 2.45) is 5.92 Å². The molecule has 2 atom stereocenters. The van der Waals surface area contributed by atoms with E-state index in [2.05, 4.69) is 15.9 Å². The number of hydrogen-bond donors (Lipinski definition) is 0. The second-order valence-electron chi connectivity index (χ2n) is 5.88. The zero-order chi connectivity index (χ0) is 17.5. The van der Waals surface area contributed by atoms with Gasteiger partial charge in [0.2, 0.25) is 22.0 Å². The van der Waals surface area contributed by atoms with E-state index < -0.39 is 26.9 Å². The van der Waals surface area contributed by atoms with E-state index in [0.29, 0.717) is 4.47 Å². The van der Waals surface area contributed by atoms with Crippen molar-refractivity contribution in [2.75, 3.05) is 26.2 Å². The van der Waals surface area contributed by atoms with Gasteiger partial charge in [-0.2, -0.15) is 4.31 Å². The van der Waals surface area contributed by atoms with Crippen molar-refractivity contribution in [2.45, 2.75) is 17.4 Å². The van der Waals surface area contributed by atoms with E-state index in [0.717, 1.165) is 0 Å². The van der Waals surface area contributed by atoms with Crippen molar-refractivity contribution in [3.63, 3.8) is 0 Å². The molecule has 0 spiro atoms. The summed E-state index contributed by atoms with van der Waals surface area (Å²) in [5.74, 6) is -0.788. The monoisotopic (exact) mass is 417 g/mol. The Morgan fingerprint density at radius 1 is 1.25 bits per heavy atom.